The zero-order chi connectivity index (χ0) is 19.0. The van der Waals surface area contributed by atoms with Crippen molar-refractivity contribution >= 4 is 11.9 Å². The van der Waals surface area contributed by atoms with Crippen molar-refractivity contribution < 1.29 is 9.53 Å². The Morgan fingerprint density at radius 3 is 2.50 bits per heavy atom. The van der Waals surface area contributed by atoms with Gasteiger partial charge in [0.2, 0.25) is 5.91 Å². The van der Waals surface area contributed by atoms with Crippen LogP contribution in [-0.4, -0.2) is 89.3 Å². The molecule has 0 bridgehead atoms. The van der Waals surface area contributed by atoms with Gasteiger partial charge in [-0.1, -0.05) is 12.8 Å². The van der Waals surface area contributed by atoms with Crippen LogP contribution in [0, 0.1) is 11.3 Å². The van der Waals surface area contributed by atoms with E-state index < -0.39 is 0 Å². The Labute approximate surface area is 158 Å². The summed E-state index contributed by atoms with van der Waals surface area (Å²) in [6.45, 7) is 4.64. The predicted molar refractivity (Wildman–Crippen MR) is 105 cm³/mol. The first-order valence-electron chi connectivity index (χ1n) is 9.85. The molecule has 1 aliphatic carbocycles. The van der Waals surface area contributed by atoms with E-state index in [0.717, 1.165) is 45.2 Å². The van der Waals surface area contributed by atoms with Crippen LogP contribution in [0.1, 0.15) is 32.1 Å². The minimum atomic E-state index is 0.0131. The Morgan fingerprint density at radius 1 is 1.19 bits per heavy atom. The van der Waals surface area contributed by atoms with Gasteiger partial charge in [0.05, 0.1) is 6.61 Å². The van der Waals surface area contributed by atoms with Crippen molar-refractivity contribution in [2.24, 2.45) is 16.3 Å². The summed E-state index contributed by atoms with van der Waals surface area (Å²) in [5.74, 6) is 1.28. The molecule has 26 heavy (non-hydrogen) atoms. The number of carbonyl (C=O) groups excluding carboxylic acids is 1. The van der Waals surface area contributed by atoms with Gasteiger partial charge in [-0.05, 0) is 33.4 Å². The van der Waals surface area contributed by atoms with Gasteiger partial charge in [-0.15, -0.1) is 0 Å². The lowest BCUT2D eigenvalue weighted by Gasteiger charge is -2.33. The minimum absolute atomic E-state index is 0.0131. The highest BCUT2D eigenvalue weighted by Crippen LogP contribution is 2.37. The Hall–Kier alpha value is -1.34. The number of nitrogens with one attached hydrogen (secondary N) is 2. The van der Waals surface area contributed by atoms with Gasteiger partial charge in [-0.2, -0.15) is 0 Å². The predicted octanol–water partition coefficient (Wildman–Crippen LogP) is 0.768. The molecule has 1 atom stereocenters. The van der Waals surface area contributed by atoms with Crippen LogP contribution in [0.4, 0.5) is 0 Å². The van der Waals surface area contributed by atoms with Crippen LogP contribution in [0.25, 0.3) is 0 Å². The first-order valence-corrected chi connectivity index (χ1v) is 9.85. The average Bonchev–Trinajstić information content (AvgIpc) is 3.25. The molecule has 1 amide bonds. The molecule has 0 spiro atoms. The van der Waals surface area contributed by atoms with Gasteiger partial charge in [0.15, 0.2) is 5.96 Å². The maximum Gasteiger partial charge on any atom is 0.243 e. The topological polar surface area (TPSA) is 69.2 Å². The molecule has 2 fully saturated rings. The van der Waals surface area contributed by atoms with E-state index in [4.69, 9.17) is 4.74 Å². The van der Waals surface area contributed by atoms with Crippen LogP contribution < -0.4 is 10.6 Å². The van der Waals surface area contributed by atoms with Gasteiger partial charge in [0, 0.05) is 51.7 Å². The van der Waals surface area contributed by atoms with Crippen LogP contribution in [0.5, 0.6) is 0 Å². The Balaban J connectivity index is 1.94. The SMILES string of the molecule is CN(C)CC1(CNC(=NCC(=O)N(C)C)NCC2CCOC2)CCCC1. The van der Waals surface area contributed by atoms with Gasteiger partial charge >= 0.3 is 0 Å². The second kappa shape index (κ2) is 10.1. The molecule has 1 heterocycles. The second-order valence-corrected chi connectivity index (χ2v) is 8.36. The molecular formula is C19H37N5O2. The fraction of sp³-hybridized carbons (Fsp3) is 0.895. The number of amides is 1. The quantitative estimate of drug-likeness (QED) is 0.490. The van der Waals surface area contributed by atoms with Gasteiger partial charge in [0.1, 0.15) is 6.54 Å². The van der Waals surface area contributed by atoms with E-state index in [-0.39, 0.29) is 12.5 Å². The summed E-state index contributed by atoms with van der Waals surface area (Å²) in [5, 5.41) is 6.95. The summed E-state index contributed by atoms with van der Waals surface area (Å²) in [6, 6.07) is 0. The molecule has 1 unspecified atom stereocenters. The molecule has 0 radical (unpaired) electrons. The second-order valence-electron chi connectivity index (χ2n) is 8.36. The molecule has 2 N–H and O–H groups in total. The van der Waals surface area contributed by atoms with E-state index in [1.807, 2.05) is 0 Å². The molecular weight excluding hydrogens is 330 g/mol. The van der Waals surface area contributed by atoms with Gasteiger partial charge in [-0.3, -0.25) is 4.79 Å². The van der Waals surface area contributed by atoms with E-state index >= 15 is 0 Å². The Kier molecular flexibility index (Phi) is 8.15. The van der Waals surface area contributed by atoms with E-state index in [0.29, 0.717) is 11.3 Å². The third kappa shape index (κ3) is 6.76. The minimum Gasteiger partial charge on any atom is -0.381 e. The number of carbonyl (C=O) groups is 1. The summed E-state index contributed by atoms with van der Waals surface area (Å²) < 4.78 is 5.45. The first-order chi connectivity index (χ1) is 12.4. The van der Waals surface area contributed by atoms with Crippen LogP contribution in [0.2, 0.25) is 0 Å². The van der Waals surface area contributed by atoms with Crippen LogP contribution in [0.3, 0.4) is 0 Å². The zero-order valence-corrected chi connectivity index (χ0v) is 17.0. The third-order valence-corrected chi connectivity index (χ3v) is 5.40. The van der Waals surface area contributed by atoms with Crippen LogP contribution in [0.15, 0.2) is 4.99 Å². The fourth-order valence-corrected chi connectivity index (χ4v) is 3.91. The molecule has 1 saturated heterocycles. The van der Waals surface area contributed by atoms with Crippen molar-refractivity contribution in [3.05, 3.63) is 0 Å². The van der Waals surface area contributed by atoms with Crippen molar-refractivity contribution in [1.82, 2.24) is 20.4 Å². The number of nitrogens with zero attached hydrogens (tertiary/aromatic N) is 3. The zero-order valence-electron chi connectivity index (χ0n) is 17.0. The van der Waals surface area contributed by atoms with Crippen LogP contribution >= 0.6 is 0 Å². The highest BCUT2D eigenvalue weighted by molar-refractivity contribution is 5.84. The molecule has 0 aromatic rings. The number of guanidine groups is 1. The smallest absolute Gasteiger partial charge is 0.243 e. The lowest BCUT2D eigenvalue weighted by molar-refractivity contribution is -0.127. The number of likely N-dealkylation sites (N-methyl/N-ethyl adjacent to an activating group) is 1. The molecule has 1 saturated carbocycles. The number of hydrogen-bond donors (Lipinski definition) is 2. The monoisotopic (exact) mass is 367 g/mol. The summed E-state index contributed by atoms with van der Waals surface area (Å²) in [7, 11) is 7.81. The summed E-state index contributed by atoms with van der Waals surface area (Å²) in [4.78, 5) is 20.3. The largest absolute Gasteiger partial charge is 0.381 e. The molecule has 2 aliphatic rings. The maximum atomic E-state index is 11.9. The molecule has 2 rings (SSSR count). The van der Waals surface area contributed by atoms with Gasteiger partial charge in [0.25, 0.3) is 0 Å². The van der Waals surface area contributed by atoms with Gasteiger partial charge in [-0.25, -0.2) is 4.99 Å². The van der Waals surface area contributed by atoms with E-state index in [9.17, 15) is 4.79 Å². The van der Waals surface area contributed by atoms with Crippen LogP contribution in [-0.2, 0) is 9.53 Å². The van der Waals surface area contributed by atoms with E-state index in [1.54, 1.807) is 19.0 Å². The summed E-state index contributed by atoms with van der Waals surface area (Å²) >= 11 is 0. The summed E-state index contributed by atoms with van der Waals surface area (Å²) in [5.41, 5.74) is 0.300. The normalized spacial score (nSPS) is 22.7. The highest BCUT2D eigenvalue weighted by Gasteiger charge is 2.34. The molecule has 0 aromatic carbocycles. The first kappa shape index (κ1) is 21.0. The molecule has 7 nitrogen and oxygen atoms in total. The fourth-order valence-electron chi connectivity index (χ4n) is 3.91. The summed E-state index contributed by atoms with van der Waals surface area (Å²) in [6.07, 6.45) is 6.18. The van der Waals surface area contributed by atoms with Crippen molar-refractivity contribution in [1.29, 1.82) is 0 Å². The Bertz CT molecular complexity index is 467. The number of hydrogen-bond acceptors (Lipinski definition) is 4. The van der Waals surface area contributed by atoms with E-state index in [1.165, 1.54) is 25.7 Å². The van der Waals surface area contributed by atoms with E-state index in [2.05, 4.69) is 34.6 Å². The van der Waals surface area contributed by atoms with Crippen molar-refractivity contribution in [2.45, 2.75) is 32.1 Å². The Morgan fingerprint density at radius 2 is 1.92 bits per heavy atom. The molecule has 7 heteroatoms. The molecule has 1 aliphatic heterocycles. The van der Waals surface area contributed by atoms with Crippen molar-refractivity contribution in [3.63, 3.8) is 0 Å². The third-order valence-electron chi connectivity index (χ3n) is 5.40. The molecule has 0 aromatic heterocycles. The number of rotatable bonds is 8. The average molecular weight is 368 g/mol. The number of aliphatic imine (C=N–C) groups is 1. The van der Waals surface area contributed by atoms with Gasteiger partial charge < -0.3 is 25.2 Å². The standard InChI is InChI=1S/C19H37N5O2/c1-23(2)15-19(8-5-6-9-19)14-22-18(21-12-17(25)24(3)4)20-11-16-7-10-26-13-16/h16H,5-15H2,1-4H3,(H2,20,21,22). The molecule has 150 valence electrons. The maximum absolute atomic E-state index is 11.9. The lowest BCUT2D eigenvalue weighted by atomic mass is 9.85. The van der Waals surface area contributed by atoms with Crippen molar-refractivity contribution in [2.75, 3.05) is 67.6 Å². The lowest BCUT2D eigenvalue weighted by Crippen LogP contribution is -2.47. The van der Waals surface area contributed by atoms with Crippen molar-refractivity contribution in [3.8, 4) is 0 Å². The highest BCUT2D eigenvalue weighted by atomic mass is 16.5. The number of ether oxygens (including phenoxy) is 1.